The van der Waals surface area contributed by atoms with Gasteiger partial charge in [-0.15, -0.1) is 0 Å². The third-order valence-corrected chi connectivity index (χ3v) is 2.37. The molecule has 2 rings (SSSR count). The number of nitrogens with zero attached hydrogens (tertiary/aromatic N) is 3. The molecular formula is C6H3Br2N3. The van der Waals surface area contributed by atoms with E-state index in [1.165, 1.54) is 6.33 Å². The molecule has 2 heterocycles. The highest BCUT2D eigenvalue weighted by Gasteiger charge is 2.00. The molecule has 0 saturated heterocycles. The molecule has 2 aromatic rings. The van der Waals surface area contributed by atoms with Crippen molar-refractivity contribution in [3.05, 3.63) is 27.7 Å². The minimum Gasteiger partial charge on any atom is -0.236 e. The highest BCUT2D eigenvalue weighted by molar-refractivity contribution is 9.11. The minimum atomic E-state index is 0.804. The van der Waals surface area contributed by atoms with Crippen molar-refractivity contribution in [2.75, 3.05) is 0 Å². The molecule has 0 spiro atoms. The summed E-state index contributed by atoms with van der Waals surface area (Å²) in [6, 6.07) is 1.95. The lowest BCUT2D eigenvalue weighted by Crippen LogP contribution is -1.90. The maximum absolute atomic E-state index is 4.01. The van der Waals surface area contributed by atoms with E-state index in [-0.39, 0.29) is 0 Å². The summed E-state index contributed by atoms with van der Waals surface area (Å²) in [4.78, 5) is 3.98. The highest BCUT2D eigenvalue weighted by atomic mass is 79.9. The van der Waals surface area contributed by atoms with E-state index in [1.807, 2.05) is 12.3 Å². The number of hydrogen-bond acceptors (Lipinski definition) is 2. The van der Waals surface area contributed by atoms with Gasteiger partial charge in [0, 0.05) is 10.7 Å². The van der Waals surface area contributed by atoms with Crippen molar-refractivity contribution in [2.24, 2.45) is 0 Å². The molecule has 0 aliphatic rings. The van der Waals surface area contributed by atoms with Gasteiger partial charge in [-0.2, -0.15) is 5.10 Å². The molecule has 0 fully saturated rings. The molecule has 0 unspecified atom stereocenters. The molecule has 56 valence electrons. The van der Waals surface area contributed by atoms with E-state index in [0.717, 1.165) is 14.6 Å². The number of hydrogen-bond donors (Lipinski definition) is 0. The van der Waals surface area contributed by atoms with Crippen LogP contribution in [0.4, 0.5) is 0 Å². The lowest BCUT2D eigenvalue weighted by atomic mass is 10.5. The zero-order valence-corrected chi connectivity index (χ0v) is 8.50. The first kappa shape index (κ1) is 7.24. The Labute approximate surface area is 79.7 Å². The van der Waals surface area contributed by atoms with Gasteiger partial charge in [0.25, 0.3) is 0 Å². The SMILES string of the molecule is Brc1cc2c(Br)ncnn2c1. The third kappa shape index (κ3) is 1.18. The third-order valence-electron chi connectivity index (χ3n) is 1.33. The number of rotatable bonds is 0. The second-order valence-electron chi connectivity index (χ2n) is 2.04. The van der Waals surface area contributed by atoms with Gasteiger partial charge in [0.2, 0.25) is 0 Å². The molecule has 0 bridgehead atoms. The fraction of sp³-hybridized carbons (Fsp3) is 0. The van der Waals surface area contributed by atoms with Crippen molar-refractivity contribution in [1.29, 1.82) is 0 Å². The zero-order valence-electron chi connectivity index (χ0n) is 5.33. The van der Waals surface area contributed by atoms with E-state index in [0.29, 0.717) is 0 Å². The van der Waals surface area contributed by atoms with Crippen molar-refractivity contribution >= 4 is 37.4 Å². The van der Waals surface area contributed by atoms with Crippen molar-refractivity contribution < 1.29 is 0 Å². The molecule has 0 amide bonds. The lowest BCUT2D eigenvalue weighted by molar-refractivity contribution is 0.893. The molecule has 5 heteroatoms. The normalized spacial score (nSPS) is 10.7. The first-order chi connectivity index (χ1) is 5.27. The van der Waals surface area contributed by atoms with Crippen LogP contribution in [-0.4, -0.2) is 14.6 Å². The molecule has 11 heavy (non-hydrogen) atoms. The van der Waals surface area contributed by atoms with Crippen LogP contribution in [-0.2, 0) is 0 Å². The predicted molar refractivity (Wildman–Crippen MR) is 48.4 cm³/mol. The fourth-order valence-corrected chi connectivity index (χ4v) is 1.67. The first-order valence-corrected chi connectivity index (χ1v) is 4.50. The van der Waals surface area contributed by atoms with Crippen LogP contribution in [0.15, 0.2) is 27.7 Å². The second-order valence-corrected chi connectivity index (χ2v) is 3.71. The Kier molecular flexibility index (Phi) is 1.69. The van der Waals surface area contributed by atoms with Crippen LogP contribution in [0.2, 0.25) is 0 Å². The molecule has 0 aliphatic carbocycles. The van der Waals surface area contributed by atoms with E-state index in [2.05, 4.69) is 41.9 Å². The van der Waals surface area contributed by atoms with E-state index < -0.39 is 0 Å². The molecular weight excluding hydrogens is 274 g/mol. The van der Waals surface area contributed by atoms with Gasteiger partial charge in [-0.3, -0.25) is 0 Å². The Morgan fingerprint density at radius 3 is 2.91 bits per heavy atom. The monoisotopic (exact) mass is 275 g/mol. The number of halogens is 2. The molecule has 0 atom stereocenters. The molecule has 0 aromatic carbocycles. The van der Waals surface area contributed by atoms with E-state index in [9.17, 15) is 0 Å². The van der Waals surface area contributed by atoms with Crippen LogP contribution >= 0.6 is 31.9 Å². The molecule has 0 saturated carbocycles. The summed E-state index contributed by atoms with van der Waals surface area (Å²) in [6.07, 6.45) is 3.38. The van der Waals surface area contributed by atoms with Crippen LogP contribution < -0.4 is 0 Å². The summed E-state index contributed by atoms with van der Waals surface area (Å²) >= 11 is 6.67. The molecule has 0 radical (unpaired) electrons. The summed E-state index contributed by atoms with van der Waals surface area (Å²) < 4.78 is 3.55. The van der Waals surface area contributed by atoms with E-state index in [1.54, 1.807) is 4.52 Å². The van der Waals surface area contributed by atoms with Gasteiger partial charge in [-0.25, -0.2) is 9.50 Å². The van der Waals surface area contributed by atoms with Crippen LogP contribution in [0.1, 0.15) is 0 Å². The van der Waals surface area contributed by atoms with Crippen LogP contribution in [0, 0.1) is 0 Å². The maximum Gasteiger partial charge on any atom is 0.137 e. The van der Waals surface area contributed by atoms with Crippen LogP contribution in [0.5, 0.6) is 0 Å². The molecule has 3 nitrogen and oxygen atoms in total. The van der Waals surface area contributed by atoms with Gasteiger partial charge in [0.1, 0.15) is 10.9 Å². The van der Waals surface area contributed by atoms with Crippen molar-refractivity contribution in [3.8, 4) is 0 Å². The van der Waals surface area contributed by atoms with Gasteiger partial charge < -0.3 is 0 Å². The van der Waals surface area contributed by atoms with Gasteiger partial charge >= 0.3 is 0 Å². The molecule has 0 aliphatic heterocycles. The first-order valence-electron chi connectivity index (χ1n) is 2.92. The van der Waals surface area contributed by atoms with Crippen molar-refractivity contribution in [2.45, 2.75) is 0 Å². The number of aromatic nitrogens is 3. The van der Waals surface area contributed by atoms with Gasteiger partial charge in [-0.05, 0) is 37.9 Å². The Morgan fingerprint density at radius 2 is 2.18 bits per heavy atom. The summed E-state index contributed by atoms with van der Waals surface area (Å²) in [5.74, 6) is 0. The number of fused-ring (bicyclic) bond motifs is 1. The maximum atomic E-state index is 4.01. The smallest absolute Gasteiger partial charge is 0.137 e. The zero-order chi connectivity index (χ0) is 7.84. The Bertz CT molecular complexity index is 396. The second kappa shape index (κ2) is 2.57. The largest absolute Gasteiger partial charge is 0.236 e. The summed E-state index contributed by atoms with van der Waals surface area (Å²) in [5.41, 5.74) is 0.958. The fourth-order valence-electron chi connectivity index (χ4n) is 0.868. The summed E-state index contributed by atoms with van der Waals surface area (Å²) in [6.45, 7) is 0. The average Bonchev–Trinajstić information content (AvgIpc) is 2.31. The summed E-state index contributed by atoms with van der Waals surface area (Å²) in [5, 5.41) is 4.01. The average molecular weight is 277 g/mol. The quantitative estimate of drug-likeness (QED) is 0.739. The van der Waals surface area contributed by atoms with Crippen molar-refractivity contribution in [1.82, 2.24) is 14.6 Å². The lowest BCUT2D eigenvalue weighted by Gasteiger charge is -1.91. The van der Waals surface area contributed by atoms with Crippen LogP contribution in [0.3, 0.4) is 0 Å². The molecule has 2 aromatic heterocycles. The Balaban J connectivity index is 2.90. The predicted octanol–water partition coefficient (Wildman–Crippen LogP) is 2.25. The summed E-state index contributed by atoms with van der Waals surface area (Å²) in [7, 11) is 0. The van der Waals surface area contributed by atoms with Crippen molar-refractivity contribution in [3.63, 3.8) is 0 Å². The Morgan fingerprint density at radius 1 is 1.36 bits per heavy atom. The van der Waals surface area contributed by atoms with Gasteiger partial charge in [0.05, 0.1) is 5.52 Å². The topological polar surface area (TPSA) is 30.2 Å². The van der Waals surface area contributed by atoms with Gasteiger partial charge in [0.15, 0.2) is 0 Å². The minimum absolute atomic E-state index is 0.804. The molecule has 0 N–H and O–H groups in total. The van der Waals surface area contributed by atoms with E-state index >= 15 is 0 Å². The highest BCUT2D eigenvalue weighted by Crippen LogP contribution is 2.19. The van der Waals surface area contributed by atoms with Gasteiger partial charge in [-0.1, -0.05) is 0 Å². The van der Waals surface area contributed by atoms with E-state index in [4.69, 9.17) is 0 Å². The standard InChI is InChI=1S/C6H3Br2N3/c7-4-1-5-6(8)9-3-10-11(5)2-4/h1-3H. The van der Waals surface area contributed by atoms with Crippen LogP contribution in [0.25, 0.3) is 5.52 Å². The Hall–Kier alpha value is -0.420.